The second kappa shape index (κ2) is 8.36. The number of nitrogens with one attached hydrogen (secondary N) is 2. The van der Waals surface area contributed by atoms with Crippen LogP contribution in [0.2, 0.25) is 0 Å². The number of rotatable bonds is 9. The van der Waals surface area contributed by atoms with Gasteiger partial charge in [-0.15, -0.1) is 0 Å². The average molecular weight is 313 g/mol. The summed E-state index contributed by atoms with van der Waals surface area (Å²) in [6.45, 7) is 7.13. The van der Waals surface area contributed by atoms with Crippen LogP contribution in [0.1, 0.15) is 33.6 Å². The summed E-state index contributed by atoms with van der Waals surface area (Å²) in [7, 11) is -3.48. The molecule has 0 aliphatic carbocycles. The summed E-state index contributed by atoms with van der Waals surface area (Å²) in [6.07, 6.45) is 1.56. The molecule has 0 aromatic heterocycles. The van der Waals surface area contributed by atoms with Crippen molar-refractivity contribution in [3.05, 3.63) is 24.3 Å². The first-order valence-corrected chi connectivity index (χ1v) is 8.96. The Balaban J connectivity index is 3.03. The number of nitrogens with two attached hydrogens (primary N) is 1. The van der Waals surface area contributed by atoms with E-state index in [4.69, 9.17) is 5.73 Å². The SMILES string of the molecule is CCCNS(=O)(=O)c1ccccc1NC(CCN)C(C)C. The third-order valence-electron chi connectivity index (χ3n) is 3.34. The third-order valence-corrected chi connectivity index (χ3v) is 4.86. The van der Waals surface area contributed by atoms with E-state index in [1.807, 2.05) is 13.0 Å². The number of benzene rings is 1. The summed E-state index contributed by atoms with van der Waals surface area (Å²) in [5, 5.41) is 3.33. The molecule has 5 nitrogen and oxygen atoms in total. The van der Waals surface area contributed by atoms with Crippen LogP contribution >= 0.6 is 0 Å². The largest absolute Gasteiger partial charge is 0.381 e. The van der Waals surface area contributed by atoms with Crippen LogP contribution in [0.4, 0.5) is 5.69 Å². The quantitative estimate of drug-likeness (QED) is 0.652. The predicted molar refractivity (Wildman–Crippen MR) is 87.8 cm³/mol. The van der Waals surface area contributed by atoms with Gasteiger partial charge in [0.05, 0.1) is 5.69 Å². The van der Waals surface area contributed by atoms with Crippen molar-refractivity contribution in [2.75, 3.05) is 18.4 Å². The summed E-state index contributed by atoms with van der Waals surface area (Å²) in [6, 6.07) is 7.14. The molecule has 1 rings (SSSR count). The summed E-state index contributed by atoms with van der Waals surface area (Å²) in [5.74, 6) is 0.368. The Kier molecular flexibility index (Phi) is 7.14. The molecule has 1 atom stereocenters. The van der Waals surface area contributed by atoms with Gasteiger partial charge in [0, 0.05) is 12.6 Å². The molecular weight excluding hydrogens is 286 g/mol. The lowest BCUT2D eigenvalue weighted by molar-refractivity contribution is 0.497. The zero-order valence-electron chi connectivity index (χ0n) is 13.1. The molecule has 0 spiro atoms. The lowest BCUT2D eigenvalue weighted by Gasteiger charge is -2.24. The molecule has 0 radical (unpaired) electrons. The third kappa shape index (κ3) is 5.30. The molecule has 0 saturated heterocycles. The van der Waals surface area contributed by atoms with Gasteiger partial charge in [-0.3, -0.25) is 0 Å². The Morgan fingerprint density at radius 3 is 2.48 bits per heavy atom. The van der Waals surface area contributed by atoms with E-state index in [-0.39, 0.29) is 6.04 Å². The van der Waals surface area contributed by atoms with E-state index in [0.717, 1.165) is 12.8 Å². The van der Waals surface area contributed by atoms with E-state index in [0.29, 0.717) is 29.6 Å². The van der Waals surface area contributed by atoms with Crippen LogP contribution in [0.3, 0.4) is 0 Å². The van der Waals surface area contributed by atoms with E-state index in [2.05, 4.69) is 23.9 Å². The first-order chi connectivity index (χ1) is 9.92. The van der Waals surface area contributed by atoms with Crippen LogP contribution in [-0.2, 0) is 10.0 Å². The van der Waals surface area contributed by atoms with E-state index in [1.54, 1.807) is 18.2 Å². The molecule has 0 fully saturated rings. The summed E-state index contributed by atoms with van der Waals surface area (Å²) in [4.78, 5) is 0.293. The fourth-order valence-electron chi connectivity index (χ4n) is 2.09. The molecule has 0 saturated carbocycles. The molecule has 6 heteroatoms. The standard InChI is InChI=1S/C15H27N3O2S/c1-4-11-17-21(19,20)15-8-6-5-7-14(15)18-13(9-10-16)12(2)3/h5-8,12-13,17-18H,4,9-11,16H2,1-3H3. The smallest absolute Gasteiger partial charge is 0.242 e. The Bertz CT molecular complexity index is 529. The van der Waals surface area contributed by atoms with Crippen molar-refractivity contribution in [1.82, 2.24) is 4.72 Å². The van der Waals surface area contributed by atoms with Crippen molar-refractivity contribution in [2.24, 2.45) is 11.7 Å². The van der Waals surface area contributed by atoms with Crippen LogP contribution in [0, 0.1) is 5.92 Å². The molecule has 0 heterocycles. The molecule has 0 amide bonds. The minimum Gasteiger partial charge on any atom is -0.381 e. The van der Waals surface area contributed by atoms with Gasteiger partial charge in [-0.25, -0.2) is 13.1 Å². The van der Waals surface area contributed by atoms with Gasteiger partial charge in [0.1, 0.15) is 4.90 Å². The number of anilines is 1. The van der Waals surface area contributed by atoms with Gasteiger partial charge in [-0.05, 0) is 37.4 Å². The summed E-state index contributed by atoms with van der Waals surface area (Å²) < 4.78 is 27.3. The maximum Gasteiger partial charge on any atom is 0.242 e. The molecule has 1 unspecified atom stereocenters. The van der Waals surface area contributed by atoms with Crippen molar-refractivity contribution >= 4 is 15.7 Å². The van der Waals surface area contributed by atoms with Gasteiger partial charge in [0.15, 0.2) is 0 Å². The number of hydrogen-bond donors (Lipinski definition) is 3. The molecule has 21 heavy (non-hydrogen) atoms. The van der Waals surface area contributed by atoms with Crippen LogP contribution in [0.15, 0.2) is 29.2 Å². The van der Waals surface area contributed by atoms with Crippen molar-refractivity contribution in [3.63, 3.8) is 0 Å². The van der Waals surface area contributed by atoms with Crippen molar-refractivity contribution in [2.45, 2.75) is 44.6 Å². The van der Waals surface area contributed by atoms with Gasteiger partial charge in [-0.2, -0.15) is 0 Å². The van der Waals surface area contributed by atoms with Gasteiger partial charge in [0.2, 0.25) is 10.0 Å². The molecule has 1 aromatic carbocycles. The van der Waals surface area contributed by atoms with Crippen molar-refractivity contribution in [3.8, 4) is 0 Å². The van der Waals surface area contributed by atoms with E-state index in [1.165, 1.54) is 0 Å². The second-order valence-electron chi connectivity index (χ2n) is 5.47. The maximum atomic E-state index is 12.3. The first kappa shape index (κ1) is 17.9. The van der Waals surface area contributed by atoms with Crippen molar-refractivity contribution in [1.29, 1.82) is 0 Å². The Morgan fingerprint density at radius 2 is 1.90 bits per heavy atom. The Labute approximate surface area is 128 Å². The fourth-order valence-corrected chi connectivity index (χ4v) is 3.39. The van der Waals surface area contributed by atoms with Crippen LogP contribution in [0.5, 0.6) is 0 Å². The molecule has 4 N–H and O–H groups in total. The highest BCUT2D eigenvalue weighted by atomic mass is 32.2. The summed E-state index contributed by atoms with van der Waals surface area (Å²) in [5.41, 5.74) is 6.27. The number of para-hydroxylation sites is 1. The second-order valence-corrected chi connectivity index (χ2v) is 7.20. The minimum absolute atomic E-state index is 0.150. The van der Waals surface area contributed by atoms with Gasteiger partial charge >= 0.3 is 0 Å². The first-order valence-electron chi connectivity index (χ1n) is 7.47. The molecule has 0 bridgehead atoms. The van der Waals surface area contributed by atoms with Gasteiger partial charge < -0.3 is 11.1 Å². The van der Waals surface area contributed by atoms with E-state index >= 15 is 0 Å². The minimum atomic E-state index is -3.48. The highest BCUT2D eigenvalue weighted by Gasteiger charge is 2.20. The normalized spacial score (nSPS) is 13.4. The maximum absolute atomic E-state index is 12.3. The van der Waals surface area contributed by atoms with E-state index in [9.17, 15) is 8.42 Å². The summed E-state index contributed by atoms with van der Waals surface area (Å²) >= 11 is 0. The molecule has 1 aromatic rings. The number of sulfonamides is 1. The molecule has 120 valence electrons. The van der Waals surface area contributed by atoms with Crippen LogP contribution < -0.4 is 15.8 Å². The zero-order valence-corrected chi connectivity index (χ0v) is 13.9. The zero-order chi connectivity index (χ0) is 15.9. The predicted octanol–water partition coefficient (Wildman–Crippen LogP) is 2.16. The monoisotopic (exact) mass is 313 g/mol. The van der Waals surface area contributed by atoms with Crippen LogP contribution in [-0.4, -0.2) is 27.5 Å². The average Bonchev–Trinajstić information content (AvgIpc) is 2.45. The van der Waals surface area contributed by atoms with Gasteiger partial charge in [-0.1, -0.05) is 32.9 Å². The molecule has 0 aliphatic heterocycles. The molecular formula is C15H27N3O2S. The van der Waals surface area contributed by atoms with Gasteiger partial charge in [0.25, 0.3) is 0 Å². The lowest BCUT2D eigenvalue weighted by Crippen LogP contribution is -2.30. The Hall–Kier alpha value is -1.11. The number of hydrogen-bond acceptors (Lipinski definition) is 4. The highest BCUT2D eigenvalue weighted by molar-refractivity contribution is 7.89. The topological polar surface area (TPSA) is 84.2 Å². The van der Waals surface area contributed by atoms with Crippen molar-refractivity contribution < 1.29 is 8.42 Å². The molecule has 0 aliphatic rings. The Morgan fingerprint density at radius 1 is 1.24 bits per heavy atom. The van der Waals surface area contributed by atoms with Crippen LogP contribution in [0.25, 0.3) is 0 Å². The van der Waals surface area contributed by atoms with E-state index < -0.39 is 10.0 Å². The lowest BCUT2D eigenvalue weighted by atomic mass is 10.0. The highest BCUT2D eigenvalue weighted by Crippen LogP contribution is 2.23. The fraction of sp³-hybridized carbons (Fsp3) is 0.600.